The molecular weight excluding hydrogens is 769 g/mol. The highest BCUT2D eigenvalue weighted by Gasteiger charge is 2.37. The molecule has 0 saturated heterocycles. The van der Waals surface area contributed by atoms with Crippen LogP contribution in [0.4, 0.5) is 0 Å². The maximum Gasteiger partial charge on any atom is 0.222 e. The van der Waals surface area contributed by atoms with Crippen molar-refractivity contribution in [1.29, 1.82) is 0 Å². The fourth-order valence-corrected chi connectivity index (χ4v) is 11.6. The molecule has 60 heavy (non-hydrogen) atoms. The van der Waals surface area contributed by atoms with Crippen molar-refractivity contribution in [2.45, 2.75) is 80.1 Å². The molecule has 0 radical (unpaired) electrons. The molecule has 0 spiro atoms. The van der Waals surface area contributed by atoms with Gasteiger partial charge in [-0.2, -0.15) is 0 Å². The Hall–Kier alpha value is -4.55. The number of hydrogen-bond donors (Lipinski definition) is 1. The van der Waals surface area contributed by atoms with Gasteiger partial charge in [-0.1, -0.05) is 208 Å². The first-order valence-corrected chi connectivity index (χ1v) is 24.2. The van der Waals surface area contributed by atoms with Crippen LogP contribution >= 0.6 is 23.5 Å². The van der Waals surface area contributed by atoms with Crippen LogP contribution in [0.3, 0.4) is 0 Å². The molecule has 0 aliphatic rings. The third-order valence-electron chi connectivity index (χ3n) is 11.6. The summed E-state index contributed by atoms with van der Waals surface area (Å²) in [6, 6.07) is 65.9. The van der Waals surface area contributed by atoms with Crippen molar-refractivity contribution >= 4 is 29.4 Å². The molecule has 0 bridgehead atoms. The summed E-state index contributed by atoms with van der Waals surface area (Å²) in [5, 5.41) is 0. The average molecular weight is 833 g/mol. The van der Waals surface area contributed by atoms with E-state index in [4.69, 9.17) is 5.73 Å². The van der Waals surface area contributed by atoms with Crippen molar-refractivity contribution < 1.29 is 4.79 Å². The van der Waals surface area contributed by atoms with Crippen molar-refractivity contribution in [3.05, 3.63) is 215 Å². The van der Waals surface area contributed by atoms with Crippen molar-refractivity contribution in [3.8, 4) is 0 Å². The smallest absolute Gasteiger partial charge is 0.222 e. The average Bonchev–Trinajstić information content (AvgIpc) is 3.32. The van der Waals surface area contributed by atoms with Gasteiger partial charge in [0.15, 0.2) is 0 Å². The van der Waals surface area contributed by atoms with Gasteiger partial charge in [0.2, 0.25) is 5.91 Å². The van der Waals surface area contributed by atoms with Gasteiger partial charge >= 0.3 is 0 Å². The molecule has 1 amide bonds. The van der Waals surface area contributed by atoms with E-state index in [0.717, 1.165) is 88.8 Å². The number of nitrogens with zero attached hydrogens (tertiary/aromatic N) is 1. The maximum atomic E-state index is 13.5. The molecule has 0 aliphatic carbocycles. The number of carbonyl (C=O) groups excluding carboxylic acids is 1. The summed E-state index contributed by atoms with van der Waals surface area (Å²) < 4.78 is -0.548. The van der Waals surface area contributed by atoms with E-state index >= 15 is 0 Å². The van der Waals surface area contributed by atoms with Crippen molar-refractivity contribution in [2.75, 3.05) is 31.1 Å². The highest BCUT2D eigenvalue weighted by atomic mass is 32.2. The van der Waals surface area contributed by atoms with E-state index in [1.165, 1.54) is 33.4 Å². The van der Waals surface area contributed by atoms with E-state index < -0.39 is 0 Å². The van der Waals surface area contributed by atoms with Crippen LogP contribution in [0.25, 0.3) is 0 Å². The Morgan fingerprint density at radius 1 is 0.383 bits per heavy atom. The second-order valence-electron chi connectivity index (χ2n) is 15.7. The minimum Gasteiger partial charge on any atom is -0.343 e. The Morgan fingerprint density at radius 2 is 0.667 bits per heavy atom. The lowest BCUT2D eigenvalue weighted by molar-refractivity contribution is -0.131. The maximum absolute atomic E-state index is 13.5. The first-order chi connectivity index (χ1) is 29.7. The normalized spacial score (nSPS) is 11.7. The molecule has 2 N–H and O–H groups in total. The molecule has 5 heteroatoms. The lowest BCUT2D eigenvalue weighted by Crippen LogP contribution is -2.33. The lowest BCUT2D eigenvalue weighted by Gasteiger charge is -2.35. The van der Waals surface area contributed by atoms with Crippen molar-refractivity contribution in [1.82, 2.24) is 4.90 Å². The van der Waals surface area contributed by atoms with Crippen LogP contribution in [-0.4, -0.2) is 41.9 Å². The summed E-state index contributed by atoms with van der Waals surface area (Å²) in [7, 11) is 0. The number of nitrogens with two attached hydrogens (primary N) is 1. The van der Waals surface area contributed by atoms with Crippen LogP contribution in [0.1, 0.15) is 104 Å². The summed E-state index contributed by atoms with van der Waals surface area (Å²) in [5.74, 6) is 2.41. The SMILES string of the molecule is NCCCCC(=O)N(CCCCCCSC(c1ccccc1)(c1ccccc1)c1ccccc1)CCCCCCSC(c1ccccc1)(c1ccccc1)c1ccccc1. The summed E-state index contributed by atoms with van der Waals surface area (Å²) in [6.45, 7) is 2.34. The molecule has 0 fully saturated rings. The van der Waals surface area contributed by atoms with Gasteiger partial charge in [-0.15, -0.1) is 23.5 Å². The van der Waals surface area contributed by atoms with Gasteiger partial charge in [-0.25, -0.2) is 0 Å². The minimum atomic E-state index is -0.274. The van der Waals surface area contributed by atoms with Gasteiger partial charge in [-0.05, 0) is 90.0 Å². The molecule has 0 saturated carbocycles. The van der Waals surface area contributed by atoms with Gasteiger partial charge < -0.3 is 10.6 Å². The van der Waals surface area contributed by atoms with Crippen LogP contribution < -0.4 is 5.73 Å². The van der Waals surface area contributed by atoms with Crippen molar-refractivity contribution in [3.63, 3.8) is 0 Å². The number of amides is 1. The summed E-state index contributed by atoms with van der Waals surface area (Å²) in [4.78, 5) is 15.6. The van der Waals surface area contributed by atoms with Crippen LogP contribution in [0.5, 0.6) is 0 Å². The molecule has 0 heterocycles. The Morgan fingerprint density at radius 3 is 0.950 bits per heavy atom. The van der Waals surface area contributed by atoms with E-state index in [1.807, 2.05) is 23.5 Å². The molecular formula is C55H64N2OS2. The molecule has 6 aromatic rings. The van der Waals surface area contributed by atoms with E-state index in [0.29, 0.717) is 18.9 Å². The number of rotatable bonds is 26. The first-order valence-electron chi connectivity index (χ1n) is 22.3. The highest BCUT2D eigenvalue weighted by Crippen LogP contribution is 2.50. The zero-order valence-electron chi connectivity index (χ0n) is 35.4. The molecule has 6 aromatic carbocycles. The quantitative estimate of drug-likeness (QED) is 0.0437. The molecule has 0 aliphatic heterocycles. The number of hydrogen-bond acceptors (Lipinski definition) is 4. The Labute approximate surface area is 369 Å². The van der Waals surface area contributed by atoms with Crippen LogP contribution in [0.2, 0.25) is 0 Å². The zero-order valence-corrected chi connectivity index (χ0v) is 37.0. The molecule has 6 rings (SSSR count). The number of carbonyl (C=O) groups is 1. The van der Waals surface area contributed by atoms with Crippen LogP contribution in [-0.2, 0) is 14.3 Å². The third kappa shape index (κ3) is 12.1. The van der Waals surface area contributed by atoms with E-state index in [2.05, 4.69) is 187 Å². The fourth-order valence-electron chi connectivity index (χ4n) is 8.44. The molecule has 0 aromatic heterocycles. The monoisotopic (exact) mass is 832 g/mol. The fraction of sp³-hybridized carbons (Fsp3) is 0.327. The second kappa shape index (κ2) is 24.6. The van der Waals surface area contributed by atoms with Gasteiger partial charge in [0.05, 0.1) is 9.49 Å². The molecule has 0 unspecified atom stereocenters. The molecule has 312 valence electrons. The van der Waals surface area contributed by atoms with Gasteiger partial charge in [-0.3, -0.25) is 4.79 Å². The van der Waals surface area contributed by atoms with E-state index in [-0.39, 0.29) is 9.49 Å². The van der Waals surface area contributed by atoms with Crippen molar-refractivity contribution in [2.24, 2.45) is 5.73 Å². The summed E-state index contributed by atoms with van der Waals surface area (Å²) in [5.41, 5.74) is 13.7. The number of benzene rings is 6. The van der Waals surface area contributed by atoms with Crippen LogP contribution in [0, 0.1) is 0 Å². The third-order valence-corrected chi connectivity index (χ3v) is 14.8. The first kappa shape index (κ1) is 45.0. The van der Waals surface area contributed by atoms with Crippen LogP contribution in [0.15, 0.2) is 182 Å². The number of thioether (sulfide) groups is 2. The van der Waals surface area contributed by atoms with Gasteiger partial charge in [0, 0.05) is 19.5 Å². The lowest BCUT2D eigenvalue weighted by atomic mass is 9.84. The Kier molecular flexibility index (Phi) is 18.5. The van der Waals surface area contributed by atoms with E-state index in [1.54, 1.807) is 0 Å². The van der Waals surface area contributed by atoms with Gasteiger partial charge in [0.1, 0.15) is 0 Å². The summed E-state index contributed by atoms with van der Waals surface area (Å²) in [6.07, 6.45) is 11.3. The Bertz CT molecular complexity index is 1710. The second-order valence-corrected chi connectivity index (χ2v) is 18.3. The Balaban J connectivity index is 0.997. The minimum absolute atomic E-state index is 0.274. The van der Waals surface area contributed by atoms with Gasteiger partial charge in [0.25, 0.3) is 0 Å². The van der Waals surface area contributed by atoms with E-state index in [9.17, 15) is 4.79 Å². The topological polar surface area (TPSA) is 46.3 Å². The molecule has 3 nitrogen and oxygen atoms in total. The predicted molar refractivity (Wildman–Crippen MR) is 260 cm³/mol. The largest absolute Gasteiger partial charge is 0.343 e. The highest BCUT2D eigenvalue weighted by molar-refractivity contribution is 8.00. The number of unbranched alkanes of at least 4 members (excludes halogenated alkanes) is 7. The summed E-state index contributed by atoms with van der Waals surface area (Å²) >= 11 is 4.10. The standard InChI is InChI=1S/C55H64N2OS2/c56-42-24-23-41-53(58)57(43-25-1-3-27-45-59-54(47-29-11-5-12-30-47,48-31-13-6-14-32-48)49-33-15-7-16-34-49)44-26-2-4-28-46-60-55(50-35-17-8-18-36-50,51-37-19-9-20-38-51)52-39-21-10-22-40-52/h5-22,29-40H,1-4,23-28,41-46,56H2. The molecule has 0 atom stereocenters. The zero-order chi connectivity index (χ0) is 41.6. The predicted octanol–water partition coefficient (Wildman–Crippen LogP) is 13.5.